The van der Waals surface area contributed by atoms with Crippen molar-refractivity contribution < 1.29 is 259 Å². The van der Waals surface area contributed by atoms with Gasteiger partial charge in [0.1, 0.15) is 226 Å². The largest absolute Gasteiger partial charge is 0.479 e. The smallest absolute Gasteiger partial charge is 0.397 e. The third-order valence-corrected chi connectivity index (χ3v) is 22.6. The van der Waals surface area contributed by atoms with Crippen molar-refractivity contribution in [3.8, 4) is 0 Å². The van der Waals surface area contributed by atoms with Crippen LogP contribution in [0.25, 0.3) is 0 Å². The predicted molar refractivity (Wildman–Crippen MR) is 373 cm³/mol. The number of rotatable bonds is 31. The lowest BCUT2D eigenvalue weighted by atomic mass is 9.93. The molecule has 57 heteroatoms. The highest BCUT2D eigenvalue weighted by Gasteiger charge is 2.63. The molecule has 0 bridgehead atoms. The number of hydrogen-bond donors (Lipinski definition) is 30. The second-order valence-electron chi connectivity index (χ2n) is 30.8. The van der Waals surface area contributed by atoms with Crippen molar-refractivity contribution >= 4 is 34.1 Å². The molecule has 50 atom stereocenters. The summed E-state index contributed by atoms with van der Waals surface area (Å²) in [6.07, 6.45) is -105. The van der Waals surface area contributed by atoms with Gasteiger partial charge in [-0.05, 0) is 13.8 Å². The maximum absolute atomic E-state index is 13.2. The Morgan fingerprint density at radius 3 is 1.11 bits per heavy atom. The van der Waals surface area contributed by atoms with E-state index in [-0.39, 0.29) is 0 Å². The molecule has 10 heterocycles. The molecule has 10 rings (SSSR count). The molecule has 123 heavy (non-hydrogen) atoms. The number of aliphatic hydroxyl groups excluding tert-OH is 25. The Labute approximate surface area is 694 Å². The third kappa shape index (κ3) is 22.6. The molecule has 1 unspecified atom stereocenters. The van der Waals surface area contributed by atoms with Crippen LogP contribution in [0.5, 0.6) is 0 Å². The van der Waals surface area contributed by atoms with Crippen LogP contribution < -0.4 is 16.0 Å². The van der Waals surface area contributed by atoms with Crippen LogP contribution in [0.4, 0.5) is 0 Å². The van der Waals surface area contributed by atoms with Gasteiger partial charge in [-0.3, -0.25) is 18.9 Å². The Morgan fingerprint density at radius 1 is 0.293 bits per heavy atom. The minimum atomic E-state index is -5.40. The fourth-order valence-electron chi connectivity index (χ4n) is 15.5. The van der Waals surface area contributed by atoms with Crippen LogP contribution >= 0.6 is 0 Å². The molecule has 10 saturated heterocycles. The maximum Gasteiger partial charge on any atom is 0.397 e. The Bertz CT molecular complexity index is 3510. The SMILES string of the molecule is CC(=O)N[C@H]1[C@@H](O[C@@H]2[C@H](O)[C@@H](O)[C@H](O[C@@H]3[C@H](O[C@@H]4O[C@H](CO)[C@H](O)[C@H](O[C@@H]5O[C@H](C(=O)O)[C@@H](O)[C@H](O)[C@H]5O)[C@H]4O)[C@@H](O[C@@H]4O[C@@H](C)[C@@H](O)[C@@H](O)[C@@H]4O)[C@H](O[C@H]4[C@@H](O)[C@@H](CO[C@@H]5O[C@H](COS(=O)(=O)O)[C@@H](O)[C@H](O[C@@H]6O[C@@H](C)[C@@H](O)[C@@H](O)[C@@H]6O)[C@H]5NC(C)=O)OC(O)[C@@H]4NC(C)=O)O[C@@H]3CO)O[C@@H]2CO)O[C@H](CO)[C@H](O)[C@@H]1O[C@@H]1O[C@H](CO)[C@H](O)[C@H](O)[C@H]1O. The first-order valence-corrected chi connectivity index (χ1v) is 39.9. The van der Waals surface area contributed by atoms with Gasteiger partial charge >= 0.3 is 16.4 Å². The van der Waals surface area contributed by atoms with Gasteiger partial charge < -0.3 is 239 Å². The van der Waals surface area contributed by atoms with Crippen LogP contribution in [-0.2, 0) is 124 Å². The molecule has 0 spiro atoms. The highest BCUT2D eigenvalue weighted by Crippen LogP contribution is 2.42. The summed E-state index contributed by atoms with van der Waals surface area (Å²) in [5.41, 5.74) is 0. The van der Waals surface area contributed by atoms with E-state index in [1.54, 1.807) is 0 Å². The van der Waals surface area contributed by atoms with Crippen molar-refractivity contribution in [2.45, 2.75) is 341 Å². The first kappa shape index (κ1) is 101. The minimum Gasteiger partial charge on any atom is -0.479 e. The van der Waals surface area contributed by atoms with Crippen molar-refractivity contribution in [3.63, 3.8) is 0 Å². The molecule has 56 nitrogen and oxygen atoms in total. The fourth-order valence-corrected chi connectivity index (χ4v) is 15.8. The number of hydrogen-bond acceptors (Lipinski definition) is 51. The molecule has 30 N–H and O–H groups in total. The molecule has 0 aromatic rings. The summed E-state index contributed by atoms with van der Waals surface area (Å²) < 4.78 is 151. The number of ether oxygens (including phenoxy) is 19. The average Bonchev–Trinajstić information content (AvgIpc) is 0.755. The van der Waals surface area contributed by atoms with Crippen LogP contribution in [-0.4, -0.2) is 523 Å². The zero-order valence-electron chi connectivity index (χ0n) is 65.4. The molecular weight excluding hydrogens is 1710 g/mol. The highest BCUT2D eigenvalue weighted by atomic mass is 32.3. The van der Waals surface area contributed by atoms with Gasteiger partial charge in [0, 0.05) is 20.8 Å². The highest BCUT2D eigenvalue weighted by molar-refractivity contribution is 7.80. The Morgan fingerprint density at radius 2 is 0.618 bits per heavy atom. The number of carbonyl (C=O) groups excluding carboxylic acids is 3. The molecule has 0 aromatic carbocycles. The van der Waals surface area contributed by atoms with Crippen molar-refractivity contribution in [2.75, 3.05) is 46.2 Å². The van der Waals surface area contributed by atoms with Crippen LogP contribution in [0.15, 0.2) is 0 Å². The minimum absolute atomic E-state index is 0.864. The summed E-state index contributed by atoms with van der Waals surface area (Å²) in [6, 6.07) is -5.94. The van der Waals surface area contributed by atoms with Crippen molar-refractivity contribution in [1.29, 1.82) is 0 Å². The van der Waals surface area contributed by atoms with Gasteiger partial charge in [-0.25, -0.2) is 8.98 Å². The van der Waals surface area contributed by atoms with Crippen LogP contribution in [0.3, 0.4) is 0 Å². The van der Waals surface area contributed by atoms with Gasteiger partial charge in [-0.2, -0.15) is 8.42 Å². The molecule has 10 fully saturated rings. The van der Waals surface area contributed by atoms with Gasteiger partial charge in [0.05, 0.1) is 58.5 Å². The normalized spacial score (nSPS) is 49.6. The van der Waals surface area contributed by atoms with Gasteiger partial charge in [0.25, 0.3) is 0 Å². The number of nitrogens with one attached hydrogen (secondary N) is 3. The van der Waals surface area contributed by atoms with E-state index in [4.69, 9.17) is 90.0 Å². The molecular formula is C66H109N3O53S. The van der Waals surface area contributed by atoms with E-state index in [1.165, 1.54) is 6.92 Å². The van der Waals surface area contributed by atoms with E-state index < -0.39 is 387 Å². The molecule has 10 aliphatic rings. The lowest BCUT2D eigenvalue weighted by molar-refractivity contribution is -0.420. The number of carboxylic acids is 1. The summed E-state index contributed by atoms with van der Waals surface area (Å²) in [5.74, 6) is -4.96. The first-order valence-electron chi connectivity index (χ1n) is 38.5. The summed E-state index contributed by atoms with van der Waals surface area (Å²) in [6.45, 7) is -3.69. The van der Waals surface area contributed by atoms with Crippen LogP contribution in [0.2, 0.25) is 0 Å². The van der Waals surface area contributed by atoms with E-state index in [0.717, 1.165) is 27.7 Å². The van der Waals surface area contributed by atoms with Gasteiger partial charge in [0.2, 0.25) is 17.7 Å². The van der Waals surface area contributed by atoms with E-state index >= 15 is 0 Å². The maximum atomic E-state index is 13.2. The van der Waals surface area contributed by atoms with Crippen molar-refractivity contribution in [3.05, 3.63) is 0 Å². The lowest BCUT2D eigenvalue weighted by Gasteiger charge is -2.53. The number of aliphatic carboxylic acids is 1. The number of amides is 3. The van der Waals surface area contributed by atoms with Crippen molar-refractivity contribution in [2.24, 2.45) is 0 Å². The summed E-state index contributed by atoms with van der Waals surface area (Å²) in [4.78, 5) is 51.5. The molecule has 0 saturated carbocycles. The monoisotopic (exact) mass is 1820 g/mol. The molecule has 0 radical (unpaired) electrons. The Hall–Kier alpha value is -4.01. The summed E-state index contributed by atoms with van der Waals surface area (Å²) in [5, 5.41) is 298. The van der Waals surface area contributed by atoms with Crippen molar-refractivity contribution in [1.82, 2.24) is 16.0 Å². The van der Waals surface area contributed by atoms with Crippen LogP contribution in [0, 0.1) is 0 Å². The van der Waals surface area contributed by atoms with E-state index in [1.807, 2.05) is 0 Å². The zero-order chi connectivity index (χ0) is 90.9. The second-order valence-corrected chi connectivity index (χ2v) is 31.9. The van der Waals surface area contributed by atoms with Crippen LogP contribution in [0.1, 0.15) is 34.6 Å². The fraction of sp³-hybridized carbons (Fsp3) is 0.939. The molecule has 0 aromatic heterocycles. The van der Waals surface area contributed by atoms with E-state index in [9.17, 15) is 165 Å². The Kier molecular flexibility index (Phi) is 35.3. The van der Waals surface area contributed by atoms with Gasteiger partial charge in [0.15, 0.2) is 69.0 Å². The van der Waals surface area contributed by atoms with E-state index in [2.05, 4.69) is 20.1 Å². The topological polar surface area (TPSA) is 869 Å². The number of carboxylic acid groups (broad SMARTS) is 1. The molecule has 10 aliphatic heterocycles. The van der Waals surface area contributed by atoms with E-state index in [0.29, 0.717) is 0 Å². The predicted octanol–water partition coefficient (Wildman–Crippen LogP) is -20.4. The summed E-state index contributed by atoms with van der Waals surface area (Å²) in [7, 11) is -5.40. The second kappa shape index (κ2) is 42.9. The molecule has 3 amide bonds. The lowest BCUT2D eigenvalue weighted by Crippen LogP contribution is -2.71. The Balaban J connectivity index is 1.04. The van der Waals surface area contributed by atoms with Gasteiger partial charge in [-0.15, -0.1) is 0 Å². The number of carbonyl (C=O) groups is 4. The standard InChI is InChI=1S/C66H109N3O53S/c1-13-28(78)35(85)41(91)60(105-13)116-50-26(68-16(4)76)58(113-24(34(50)84)12-104-123(100,101)102)103-11-23-33(83)49(25(57(99)107-23)67-15(3)75)118-66-55(122-61-42(92)36(86)29(79)14(2)106-61)54(121-65-46(96)52(32(82)20(8-72)110-65)119-64-44(94)38(88)39(89)53(120-64)56(97)98)48(22(10-74)112-66)115-63-45(95)40(90)47(21(9-73)111-63)114-59-27(69-17(5)77)51(31(81)19(7-71)108-59)117-62-43(93)37(87)30(80)18(6-70)109-62/h13-14,18-55,57-66,70-74,78-96,99H,6-12H2,1-5H3,(H,67,75)(H,68,76)(H,69,77)(H,97,98)(H,100,101,102)/t13-,14-,18+,19+,20+,21+,22+,23+,24+,25+,26+,27+,28+,29+,30-,31-,32-,33-,34+,35+,36+,37-,38-,39-,40+,41-,42-,43+,44+,45+,46+,47-,48-,49+,50+,51+,52-,53-,54-,55+,57?,58+,59+,60-,61-,62-,63-,64+,65-,66-/m0/s1. The average molecular weight is 1820 g/mol. The summed E-state index contributed by atoms with van der Waals surface area (Å²) >= 11 is 0. The number of aliphatic hydroxyl groups is 25. The van der Waals surface area contributed by atoms with Gasteiger partial charge in [-0.1, -0.05) is 0 Å². The molecule has 712 valence electrons. The first-order chi connectivity index (χ1) is 57.8. The quantitative estimate of drug-likeness (QED) is 0.0287. The molecule has 0 aliphatic carbocycles. The zero-order valence-corrected chi connectivity index (χ0v) is 66.2. The third-order valence-electron chi connectivity index (χ3n) is 22.2.